The van der Waals surface area contributed by atoms with Gasteiger partial charge in [0, 0.05) is 35.0 Å². The molecule has 2 saturated carbocycles. The number of thiazole rings is 1. The van der Waals surface area contributed by atoms with Gasteiger partial charge >= 0.3 is 0 Å². The summed E-state index contributed by atoms with van der Waals surface area (Å²) in [6, 6.07) is 2.27. The summed E-state index contributed by atoms with van der Waals surface area (Å²) in [5.41, 5.74) is 6.36. The van der Waals surface area contributed by atoms with Crippen LogP contribution in [-0.4, -0.2) is 26.9 Å². The number of carbonyl (C=O) groups excluding carboxylic acids is 1. The molecule has 146 valence electrons. The molecule has 2 aliphatic carbocycles. The van der Waals surface area contributed by atoms with Gasteiger partial charge in [0.15, 0.2) is 0 Å². The summed E-state index contributed by atoms with van der Waals surface area (Å²) in [7, 11) is 0. The van der Waals surface area contributed by atoms with Crippen molar-refractivity contribution in [2.75, 3.05) is 0 Å². The average Bonchev–Trinajstić information content (AvgIpc) is 3.61. The summed E-state index contributed by atoms with van der Waals surface area (Å²) in [5.74, 6) is 1.02. The highest BCUT2D eigenvalue weighted by atomic mass is 35.5. The van der Waals surface area contributed by atoms with Gasteiger partial charge in [0.1, 0.15) is 4.88 Å². The highest BCUT2D eigenvalue weighted by Gasteiger charge is 2.32. The highest BCUT2D eigenvalue weighted by molar-refractivity contribution is 7.11. The predicted molar refractivity (Wildman–Crippen MR) is 113 cm³/mol. The average molecular weight is 416 g/mol. The lowest BCUT2D eigenvalue weighted by molar-refractivity contribution is 0.0971. The van der Waals surface area contributed by atoms with Crippen molar-refractivity contribution in [3.63, 3.8) is 0 Å². The molecule has 2 aliphatic rings. The first kappa shape index (κ1) is 19.1. The van der Waals surface area contributed by atoms with E-state index in [1.807, 2.05) is 24.6 Å². The van der Waals surface area contributed by atoms with Crippen LogP contribution in [0.3, 0.4) is 0 Å². The second-order valence-electron chi connectivity index (χ2n) is 7.33. The fourth-order valence-corrected chi connectivity index (χ4v) is 3.91. The smallest absolute Gasteiger partial charge is 0.267 e. The summed E-state index contributed by atoms with van der Waals surface area (Å²) in [4.78, 5) is 17.1. The van der Waals surface area contributed by atoms with Crippen LogP contribution < -0.4 is 5.32 Å². The lowest BCUT2D eigenvalue weighted by Crippen LogP contribution is -2.23. The van der Waals surface area contributed by atoms with Crippen molar-refractivity contribution in [1.82, 2.24) is 20.1 Å². The molecule has 0 radical (unpaired) electrons. The molecule has 0 unspecified atom stereocenters. The minimum Gasteiger partial charge on any atom is -0.320 e. The van der Waals surface area contributed by atoms with E-state index in [4.69, 9.17) is 16.9 Å². The molecule has 4 rings (SSSR count). The molecule has 6 nitrogen and oxygen atoms in total. The molecule has 0 bridgehead atoms. The number of carbonyl (C=O) groups is 1. The molecular weight excluding hydrogens is 394 g/mol. The Morgan fingerprint density at radius 1 is 1.32 bits per heavy atom. The topological polar surface area (TPSA) is 72.2 Å². The first-order chi connectivity index (χ1) is 13.6. The van der Waals surface area contributed by atoms with Crippen LogP contribution in [0.4, 0.5) is 0 Å². The van der Waals surface area contributed by atoms with Crippen LogP contribution in [0.5, 0.6) is 0 Å². The monoisotopic (exact) mass is 415 g/mol. The molecule has 2 aromatic heterocycles. The van der Waals surface area contributed by atoms with Gasteiger partial charge in [0.2, 0.25) is 0 Å². The third-order valence-corrected chi connectivity index (χ3v) is 6.01. The normalized spacial score (nSPS) is 18.1. The van der Waals surface area contributed by atoms with Crippen molar-refractivity contribution >= 4 is 40.9 Å². The van der Waals surface area contributed by atoms with Crippen LogP contribution in [0.15, 0.2) is 33.9 Å². The van der Waals surface area contributed by atoms with E-state index >= 15 is 0 Å². The zero-order valence-corrected chi connectivity index (χ0v) is 17.4. The summed E-state index contributed by atoms with van der Waals surface area (Å²) >= 11 is 6.82. The minimum absolute atomic E-state index is 0.220. The van der Waals surface area contributed by atoms with Crippen molar-refractivity contribution in [3.8, 4) is 0 Å². The number of amides is 1. The maximum Gasteiger partial charge on any atom is 0.267 e. The predicted octanol–water partition coefficient (Wildman–Crippen LogP) is 4.80. The van der Waals surface area contributed by atoms with E-state index < -0.39 is 0 Å². The molecule has 0 aromatic carbocycles. The van der Waals surface area contributed by atoms with Gasteiger partial charge in [-0.25, -0.2) is 9.67 Å². The van der Waals surface area contributed by atoms with E-state index in [1.54, 1.807) is 11.6 Å². The van der Waals surface area contributed by atoms with E-state index in [-0.39, 0.29) is 5.91 Å². The maximum absolute atomic E-state index is 12.4. The number of nitrogens with one attached hydrogen (secondary N) is 1. The van der Waals surface area contributed by atoms with E-state index in [0.717, 1.165) is 5.70 Å². The van der Waals surface area contributed by atoms with Gasteiger partial charge in [0.05, 0.1) is 28.8 Å². The van der Waals surface area contributed by atoms with Gasteiger partial charge in [-0.15, -0.1) is 11.3 Å². The van der Waals surface area contributed by atoms with Crippen LogP contribution in [0.2, 0.25) is 0 Å². The lowest BCUT2D eigenvalue weighted by atomic mass is 10.2. The molecule has 28 heavy (non-hydrogen) atoms. The fraction of sp³-hybridized carbons (Fsp3) is 0.400. The van der Waals surface area contributed by atoms with Gasteiger partial charge in [-0.2, -0.15) is 9.61 Å². The second-order valence-corrected chi connectivity index (χ2v) is 8.38. The molecule has 2 heterocycles. The Labute approximate surface area is 173 Å². The second kappa shape index (κ2) is 8.01. The number of hydrogen-bond donors (Lipinski definition) is 1. The van der Waals surface area contributed by atoms with Crippen molar-refractivity contribution in [2.45, 2.75) is 51.4 Å². The van der Waals surface area contributed by atoms with E-state index in [2.05, 4.69) is 20.9 Å². The van der Waals surface area contributed by atoms with Crippen molar-refractivity contribution in [2.24, 2.45) is 4.51 Å². The van der Waals surface area contributed by atoms with Crippen LogP contribution >= 0.6 is 23.1 Å². The minimum atomic E-state index is -0.220. The Balaban J connectivity index is 1.56. The molecule has 0 saturated heterocycles. The van der Waals surface area contributed by atoms with Crippen molar-refractivity contribution in [1.29, 1.82) is 0 Å². The highest BCUT2D eigenvalue weighted by Crippen LogP contribution is 2.45. The number of hydrogen-bond acceptors (Lipinski definition) is 5. The Bertz CT molecular complexity index is 979. The summed E-state index contributed by atoms with van der Waals surface area (Å²) in [5, 5.41) is 7.67. The molecule has 8 heteroatoms. The molecule has 0 atom stereocenters. The Hall–Kier alpha value is -2.25. The van der Waals surface area contributed by atoms with Crippen LogP contribution in [0, 0.1) is 6.92 Å². The molecular formula is C20H22ClN5OS. The van der Waals surface area contributed by atoms with E-state index in [9.17, 15) is 4.79 Å². The maximum atomic E-state index is 12.4. The third kappa shape index (κ3) is 4.25. The SMILES string of the molecule is C\C(=C/C=C(\C=N/Cl)NC(=O)c1scnc1C)n1nc(C2CC2)cc1C1CC1. The van der Waals surface area contributed by atoms with Gasteiger partial charge in [-0.1, -0.05) is 0 Å². The number of rotatable bonds is 7. The van der Waals surface area contributed by atoms with Crippen LogP contribution in [0.1, 0.15) is 71.2 Å². The number of halogens is 1. The van der Waals surface area contributed by atoms with Crippen molar-refractivity contribution in [3.05, 3.63) is 51.4 Å². The van der Waals surface area contributed by atoms with Crippen molar-refractivity contribution < 1.29 is 4.79 Å². The quantitative estimate of drug-likeness (QED) is 0.521. The molecule has 1 N–H and O–H groups in total. The first-order valence-corrected chi connectivity index (χ1v) is 10.6. The van der Waals surface area contributed by atoms with Gasteiger partial charge in [-0.3, -0.25) is 4.79 Å². The number of allylic oxidation sites excluding steroid dienone is 4. The van der Waals surface area contributed by atoms with Gasteiger partial charge < -0.3 is 5.32 Å². The summed E-state index contributed by atoms with van der Waals surface area (Å²) < 4.78 is 5.58. The Kier molecular flexibility index (Phi) is 5.46. The largest absolute Gasteiger partial charge is 0.320 e. The van der Waals surface area contributed by atoms with Gasteiger partial charge in [0.25, 0.3) is 5.91 Å². The molecule has 2 fully saturated rings. The van der Waals surface area contributed by atoms with Crippen LogP contribution in [-0.2, 0) is 0 Å². The van der Waals surface area contributed by atoms with Gasteiger partial charge in [-0.05, 0) is 57.7 Å². The molecule has 0 aliphatic heterocycles. The third-order valence-electron chi connectivity index (χ3n) is 4.98. The van der Waals surface area contributed by atoms with E-state index in [1.165, 1.54) is 54.6 Å². The summed E-state index contributed by atoms with van der Waals surface area (Å²) in [6.07, 6.45) is 10.1. The first-order valence-electron chi connectivity index (χ1n) is 9.41. The van der Waals surface area contributed by atoms with E-state index in [0.29, 0.717) is 28.1 Å². The lowest BCUT2D eigenvalue weighted by Gasteiger charge is -2.07. The Morgan fingerprint density at radius 2 is 2.07 bits per heavy atom. The van der Waals surface area contributed by atoms with Crippen LogP contribution in [0.25, 0.3) is 5.70 Å². The molecule has 0 spiro atoms. The fourth-order valence-electron chi connectivity index (χ4n) is 3.10. The Morgan fingerprint density at radius 3 is 2.68 bits per heavy atom. The summed E-state index contributed by atoms with van der Waals surface area (Å²) in [6.45, 7) is 3.83. The molecule has 1 amide bonds. The number of nitrogens with zero attached hydrogens (tertiary/aromatic N) is 4. The standard InChI is InChI=1S/C20H22ClN5OS/c1-12(26-18(15-6-7-15)9-17(25-26)14-4-5-14)3-8-16(10-23-21)24-20(27)19-13(2)22-11-28-19/h3,8-11,14-15H,4-7H2,1-2H3,(H,24,27)/b12-3+,16-8+,23-10-. The molecule has 2 aromatic rings. The number of aryl methyl sites for hydroxylation is 1. The number of aromatic nitrogens is 3. The zero-order valence-electron chi connectivity index (χ0n) is 15.9. The zero-order chi connectivity index (χ0) is 19.7.